The van der Waals surface area contributed by atoms with Crippen molar-refractivity contribution in [3.05, 3.63) is 77.9 Å². The van der Waals surface area contributed by atoms with Crippen LogP contribution in [0.5, 0.6) is 0 Å². The lowest BCUT2D eigenvalue weighted by molar-refractivity contribution is 0.566. The van der Waals surface area contributed by atoms with Gasteiger partial charge < -0.3 is 10.6 Å². The normalized spacial score (nSPS) is 12.0. The standard InChI is InChI=1S/C24H21F2N9/c1-3-21-30-23(29-13(2)16-6-5-15(25)11-17(16)26)33-24(31-21)32-22-12-19(34-35-22)14-4-7-18-20(10-14)28-9-8-27-18/h4-13H,3H2,1-2H3,(H3,29,30,31,32,33,34,35)/t13-/m0/s1. The maximum atomic E-state index is 14.2. The van der Waals surface area contributed by atoms with Crippen LogP contribution in [-0.4, -0.2) is 35.1 Å². The maximum Gasteiger partial charge on any atom is 0.233 e. The van der Waals surface area contributed by atoms with E-state index >= 15 is 0 Å². The minimum atomic E-state index is -0.642. The van der Waals surface area contributed by atoms with Crippen molar-refractivity contribution in [2.45, 2.75) is 26.3 Å². The van der Waals surface area contributed by atoms with Gasteiger partial charge in [0.25, 0.3) is 0 Å². The highest BCUT2D eigenvalue weighted by Gasteiger charge is 2.15. The van der Waals surface area contributed by atoms with Crippen molar-refractivity contribution >= 4 is 28.7 Å². The van der Waals surface area contributed by atoms with E-state index in [1.807, 2.05) is 31.2 Å². The van der Waals surface area contributed by atoms with Gasteiger partial charge in [0.05, 0.1) is 22.8 Å². The molecule has 0 aliphatic rings. The molecule has 9 nitrogen and oxygen atoms in total. The molecule has 0 aliphatic carbocycles. The average molecular weight is 473 g/mol. The Morgan fingerprint density at radius 1 is 0.914 bits per heavy atom. The van der Waals surface area contributed by atoms with Gasteiger partial charge in [0.1, 0.15) is 17.5 Å². The fraction of sp³-hybridized carbons (Fsp3) is 0.167. The molecule has 5 aromatic rings. The van der Waals surface area contributed by atoms with Gasteiger partial charge >= 0.3 is 0 Å². The van der Waals surface area contributed by atoms with Crippen molar-refractivity contribution in [2.24, 2.45) is 0 Å². The molecule has 0 fully saturated rings. The summed E-state index contributed by atoms with van der Waals surface area (Å²) in [5.41, 5.74) is 3.57. The Morgan fingerprint density at radius 2 is 1.71 bits per heavy atom. The number of aromatic amines is 1. The zero-order valence-electron chi connectivity index (χ0n) is 18.9. The summed E-state index contributed by atoms with van der Waals surface area (Å²) >= 11 is 0. The van der Waals surface area contributed by atoms with Gasteiger partial charge in [-0.1, -0.05) is 19.1 Å². The minimum absolute atomic E-state index is 0.263. The Morgan fingerprint density at radius 3 is 2.51 bits per heavy atom. The number of nitrogens with zero attached hydrogens (tertiary/aromatic N) is 6. The van der Waals surface area contributed by atoms with Crippen LogP contribution in [0.25, 0.3) is 22.3 Å². The third kappa shape index (κ3) is 4.88. The number of hydrogen-bond acceptors (Lipinski definition) is 8. The maximum absolute atomic E-state index is 14.2. The zero-order valence-corrected chi connectivity index (χ0v) is 18.9. The van der Waals surface area contributed by atoms with E-state index in [0.29, 0.717) is 23.6 Å². The number of benzene rings is 2. The fourth-order valence-corrected chi connectivity index (χ4v) is 3.60. The number of anilines is 3. The molecule has 0 radical (unpaired) electrons. The lowest BCUT2D eigenvalue weighted by atomic mass is 10.1. The highest BCUT2D eigenvalue weighted by Crippen LogP contribution is 2.25. The van der Waals surface area contributed by atoms with Crippen LogP contribution >= 0.6 is 0 Å². The molecule has 0 spiro atoms. The van der Waals surface area contributed by atoms with E-state index in [-0.39, 0.29) is 11.9 Å². The van der Waals surface area contributed by atoms with Gasteiger partial charge in [0, 0.05) is 42.1 Å². The monoisotopic (exact) mass is 473 g/mol. The molecule has 3 aromatic heterocycles. The number of halogens is 2. The largest absolute Gasteiger partial charge is 0.347 e. The topological polar surface area (TPSA) is 117 Å². The third-order valence-electron chi connectivity index (χ3n) is 5.37. The number of aryl methyl sites for hydroxylation is 1. The van der Waals surface area contributed by atoms with Gasteiger partial charge in [-0.3, -0.25) is 15.1 Å². The van der Waals surface area contributed by atoms with Crippen molar-refractivity contribution in [1.82, 2.24) is 35.1 Å². The summed E-state index contributed by atoms with van der Waals surface area (Å²) in [6.45, 7) is 3.66. The molecule has 0 aliphatic heterocycles. The van der Waals surface area contributed by atoms with Crippen LogP contribution in [0.1, 0.15) is 31.3 Å². The molecule has 5 rings (SSSR count). The Bertz CT molecular complexity index is 1500. The molecule has 0 unspecified atom stereocenters. The summed E-state index contributed by atoms with van der Waals surface area (Å²) in [6.07, 6.45) is 3.86. The average Bonchev–Trinajstić information content (AvgIpc) is 3.31. The highest BCUT2D eigenvalue weighted by atomic mass is 19.1. The quantitative estimate of drug-likeness (QED) is 0.304. The van der Waals surface area contributed by atoms with E-state index in [1.165, 1.54) is 12.1 Å². The lowest BCUT2D eigenvalue weighted by Crippen LogP contribution is -2.14. The molecule has 1 atom stereocenters. The summed E-state index contributed by atoms with van der Waals surface area (Å²) in [5.74, 6) is 0.329. The summed E-state index contributed by atoms with van der Waals surface area (Å²) in [6, 6.07) is 10.6. The molecule has 3 N–H and O–H groups in total. The first-order valence-corrected chi connectivity index (χ1v) is 11.0. The third-order valence-corrected chi connectivity index (χ3v) is 5.37. The zero-order chi connectivity index (χ0) is 24.4. The van der Waals surface area contributed by atoms with Crippen molar-refractivity contribution in [2.75, 3.05) is 10.6 Å². The molecule has 11 heteroatoms. The summed E-state index contributed by atoms with van der Waals surface area (Å²) < 4.78 is 27.4. The van der Waals surface area contributed by atoms with Gasteiger partial charge in [-0.2, -0.15) is 20.1 Å². The smallest absolute Gasteiger partial charge is 0.233 e. The fourth-order valence-electron chi connectivity index (χ4n) is 3.60. The van der Waals surface area contributed by atoms with Crippen molar-refractivity contribution < 1.29 is 8.78 Å². The molecule has 0 bridgehead atoms. The van der Waals surface area contributed by atoms with Crippen LogP contribution < -0.4 is 10.6 Å². The first kappa shape index (κ1) is 22.3. The Balaban J connectivity index is 1.36. The number of aromatic nitrogens is 7. The van der Waals surface area contributed by atoms with E-state index < -0.39 is 17.7 Å². The highest BCUT2D eigenvalue weighted by molar-refractivity contribution is 5.80. The van der Waals surface area contributed by atoms with Crippen LogP contribution in [0.3, 0.4) is 0 Å². The molecule has 35 heavy (non-hydrogen) atoms. The summed E-state index contributed by atoms with van der Waals surface area (Å²) in [4.78, 5) is 21.8. The van der Waals surface area contributed by atoms with Crippen LogP contribution in [-0.2, 0) is 6.42 Å². The molecule has 0 saturated heterocycles. The van der Waals surface area contributed by atoms with Gasteiger partial charge in [-0.15, -0.1) is 0 Å². The molecule has 176 valence electrons. The van der Waals surface area contributed by atoms with Crippen LogP contribution in [0.4, 0.5) is 26.5 Å². The van der Waals surface area contributed by atoms with Crippen molar-refractivity contribution in [3.63, 3.8) is 0 Å². The Hall–Kier alpha value is -4.54. The van der Waals surface area contributed by atoms with E-state index in [0.717, 1.165) is 28.4 Å². The lowest BCUT2D eigenvalue weighted by Gasteiger charge is -2.16. The first-order chi connectivity index (χ1) is 17.0. The predicted octanol–water partition coefficient (Wildman–Crippen LogP) is 4.96. The molecule has 3 heterocycles. The Labute approximate surface area is 199 Å². The second-order valence-corrected chi connectivity index (χ2v) is 7.84. The second kappa shape index (κ2) is 9.37. The van der Waals surface area contributed by atoms with E-state index in [1.54, 1.807) is 19.3 Å². The van der Waals surface area contributed by atoms with E-state index in [9.17, 15) is 8.78 Å². The van der Waals surface area contributed by atoms with Crippen molar-refractivity contribution in [1.29, 1.82) is 0 Å². The molecule has 0 saturated carbocycles. The van der Waals surface area contributed by atoms with E-state index in [2.05, 4.69) is 45.8 Å². The number of H-pyrrole nitrogens is 1. The number of nitrogens with one attached hydrogen (secondary N) is 3. The number of hydrogen-bond donors (Lipinski definition) is 3. The van der Waals surface area contributed by atoms with Gasteiger partial charge in [0.2, 0.25) is 11.9 Å². The SMILES string of the molecule is CCc1nc(Nc2cc(-c3ccc4nccnc4c3)[nH]n2)nc(N[C@@H](C)c2ccc(F)cc2F)n1. The van der Waals surface area contributed by atoms with Gasteiger partial charge in [-0.25, -0.2) is 8.78 Å². The molecular weight excluding hydrogens is 452 g/mol. The Kier molecular flexibility index (Phi) is 5.96. The first-order valence-electron chi connectivity index (χ1n) is 11.0. The summed E-state index contributed by atoms with van der Waals surface area (Å²) in [7, 11) is 0. The molecule has 2 aromatic carbocycles. The molecule has 0 amide bonds. The van der Waals surface area contributed by atoms with Crippen LogP contribution in [0.15, 0.2) is 54.9 Å². The predicted molar refractivity (Wildman–Crippen MR) is 128 cm³/mol. The van der Waals surface area contributed by atoms with Gasteiger partial charge in [-0.05, 0) is 25.1 Å². The summed E-state index contributed by atoms with van der Waals surface area (Å²) in [5, 5.41) is 13.4. The second-order valence-electron chi connectivity index (χ2n) is 7.84. The van der Waals surface area contributed by atoms with Crippen LogP contribution in [0, 0.1) is 11.6 Å². The van der Waals surface area contributed by atoms with Gasteiger partial charge in [0.15, 0.2) is 5.82 Å². The number of rotatable bonds is 7. The van der Waals surface area contributed by atoms with Crippen LogP contribution in [0.2, 0.25) is 0 Å². The number of fused-ring (bicyclic) bond motifs is 1. The van der Waals surface area contributed by atoms with Crippen molar-refractivity contribution in [3.8, 4) is 11.3 Å². The molecular formula is C24H21F2N9. The van der Waals surface area contributed by atoms with E-state index in [4.69, 9.17) is 0 Å². The minimum Gasteiger partial charge on any atom is -0.347 e.